The molecule has 0 saturated carbocycles. The van der Waals surface area contributed by atoms with Crippen molar-refractivity contribution in [3.8, 4) is 0 Å². The van der Waals surface area contributed by atoms with Crippen molar-refractivity contribution in [2.75, 3.05) is 0 Å². The second-order valence-corrected chi connectivity index (χ2v) is 3.28. The molecule has 1 unspecified atom stereocenters. The van der Waals surface area contributed by atoms with Gasteiger partial charge in [-0.2, -0.15) is 0 Å². The Kier molecular flexibility index (Phi) is 1.13. The summed E-state index contributed by atoms with van der Waals surface area (Å²) in [5.41, 5.74) is 2.76. The van der Waals surface area contributed by atoms with Crippen LogP contribution in [-0.2, 0) is 0 Å². The molecule has 1 aromatic rings. The summed E-state index contributed by atoms with van der Waals surface area (Å²) in [4.78, 5) is 15.7. The highest BCUT2D eigenvalue weighted by Gasteiger charge is 2.34. The molecular formula is C11H7NO. The van der Waals surface area contributed by atoms with Crippen LogP contribution >= 0.6 is 0 Å². The summed E-state index contributed by atoms with van der Waals surface area (Å²) in [5, 5.41) is 0. The maximum Gasteiger partial charge on any atom is 0.191 e. The fourth-order valence-corrected chi connectivity index (χ4v) is 1.95. The summed E-state index contributed by atoms with van der Waals surface area (Å²) in [6, 6.07) is 7.73. The molecule has 0 fully saturated rings. The van der Waals surface area contributed by atoms with Gasteiger partial charge in [0.25, 0.3) is 0 Å². The number of nitrogens with zero attached hydrogens (tertiary/aromatic N) is 1. The van der Waals surface area contributed by atoms with E-state index in [1.807, 2.05) is 30.5 Å². The molecule has 1 atom stereocenters. The molecule has 1 aliphatic carbocycles. The third-order valence-electron chi connectivity index (χ3n) is 2.59. The van der Waals surface area contributed by atoms with Gasteiger partial charge in [-0.05, 0) is 5.56 Å². The van der Waals surface area contributed by atoms with Crippen LogP contribution in [0.5, 0.6) is 0 Å². The van der Waals surface area contributed by atoms with Gasteiger partial charge in [-0.15, -0.1) is 0 Å². The highest BCUT2D eigenvalue weighted by atomic mass is 16.1. The number of carbonyl (C=O) groups is 1. The molecule has 1 aromatic carbocycles. The zero-order chi connectivity index (χ0) is 8.84. The standard InChI is InChI=1S/C11H7NO/c13-11-8-4-2-1-3-7(8)9-5-12-6-10(9)11/h1-6,9H. The van der Waals surface area contributed by atoms with Crippen LogP contribution in [0.1, 0.15) is 21.8 Å². The van der Waals surface area contributed by atoms with Gasteiger partial charge >= 0.3 is 0 Å². The molecule has 2 aliphatic rings. The number of benzene rings is 1. The minimum Gasteiger partial charge on any atom is -0.289 e. The lowest BCUT2D eigenvalue weighted by atomic mass is 10.0. The van der Waals surface area contributed by atoms with Crippen LogP contribution in [0.4, 0.5) is 0 Å². The van der Waals surface area contributed by atoms with E-state index in [0.29, 0.717) is 0 Å². The van der Waals surface area contributed by atoms with Gasteiger partial charge < -0.3 is 0 Å². The molecule has 1 heterocycles. The van der Waals surface area contributed by atoms with Crippen LogP contribution in [0, 0.1) is 0 Å². The van der Waals surface area contributed by atoms with Crippen molar-refractivity contribution in [2.24, 2.45) is 4.99 Å². The topological polar surface area (TPSA) is 29.4 Å². The Morgan fingerprint density at radius 1 is 1.23 bits per heavy atom. The van der Waals surface area contributed by atoms with Gasteiger partial charge in [-0.25, -0.2) is 0 Å². The maximum atomic E-state index is 11.7. The number of allylic oxidation sites excluding steroid dienone is 1. The normalized spacial score (nSPS) is 22.9. The molecule has 0 saturated heterocycles. The van der Waals surface area contributed by atoms with Crippen molar-refractivity contribution >= 4 is 12.0 Å². The predicted octanol–water partition coefficient (Wildman–Crippen LogP) is 1.93. The molecule has 0 amide bonds. The Morgan fingerprint density at radius 3 is 3.00 bits per heavy atom. The number of hydrogen-bond donors (Lipinski definition) is 0. The fraction of sp³-hybridized carbons (Fsp3) is 0.0909. The molecule has 62 valence electrons. The average molecular weight is 169 g/mol. The van der Waals surface area contributed by atoms with Gasteiger partial charge in [-0.1, -0.05) is 24.3 Å². The van der Waals surface area contributed by atoms with E-state index in [1.165, 1.54) is 0 Å². The lowest BCUT2D eigenvalue weighted by Crippen LogP contribution is -1.96. The van der Waals surface area contributed by atoms with E-state index in [-0.39, 0.29) is 11.7 Å². The number of aliphatic imine (C=N–C) groups is 1. The third-order valence-corrected chi connectivity index (χ3v) is 2.59. The number of carbonyl (C=O) groups excluding carboxylic acids is 1. The van der Waals surface area contributed by atoms with Crippen molar-refractivity contribution in [1.29, 1.82) is 0 Å². The molecule has 2 heteroatoms. The smallest absolute Gasteiger partial charge is 0.191 e. The van der Waals surface area contributed by atoms with Crippen LogP contribution in [0.15, 0.2) is 41.0 Å². The van der Waals surface area contributed by atoms with Crippen molar-refractivity contribution in [3.63, 3.8) is 0 Å². The summed E-state index contributed by atoms with van der Waals surface area (Å²) < 4.78 is 0. The predicted molar refractivity (Wildman–Crippen MR) is 50.1 cm³/mol. The molecule has 0 N–H and O–H groups in total. The van der Waals surface area contributed by atoms with Gasteiger partial charge in [0.15, 0.2) is 5.78 Å². The van der Waals surface area contributed by atoms with Crippen molar-refractivity contribution in [1.82, 2.24) is 0 Å². The Balaban J connectivity index is 2.31. The number of hydrogen-bond acceptors (Lipinski definition) is 2. The summed E-state index contributed by atoms with van der Waals surface area (Å²) in [5.74, 6) is 0.266. The van der Waals surface area contributed by atoms with Crippen LogP contribution in [0.2, 0.25) is 0 Å². The number of fused-ring (bicyclic) bond motifs is 3. The highest BCUT2D eigenvalue weighted by Crippen LogP contribution is 2.38. The summed E-state index contributed by atoms with van der Waals surface area (Å²) >= 11 is 0. The fourth-order valence-electron chi connectivity index (χ4n) is 1.95. The van der Waals surface area contributed by atoms with Crippen molar-refractivity contribution in [2.45, 2.75) is 5.92 Å². The number of rotatable bonds is 0. The first kappa shape index (κ1) is 6.78. The zero-order valence-corrected chi connectivity index (χ0v) is 6.90. The van der Waals surface area contributed by atoms with E-state index in [1.54, 1.807) is 6.20 Å². The van der Waals surface area contributed by atoms with Gasteiger partial charge in [-0.3, -0.25) is 9.79 Å². The SMILES string of the molecule is O=C1C2=CN=CC2c2ccccc21. The zero-order valence-electron chi connectivity index (χ0n) is 6.90. The third kappa shape index (κ3) is 0.724. The maximum absolute atomic E-state index is 11.7. The lowest BCUT2D eigenvalue weighted by Gasteiger charge is -1.99. The van der Waals surface area contributed by atoms with Gasteiger partial charge in [0.1, 0.15) is 0 Å². The highest BCUT2D eigenvalue weighted by molar-refractivity contribution is 6.18. The molecule has 13 heavy (non-hydrogen) atoms. The first-order valence-electron chi connectivity index (χ1n) is 4.25. The Hall–Kier alpha value is -1.70. The molecule has 0 radical (unpaired) electrons. The number of Topliss-reactive ketones (excluding diaryl/α,β-unsaturated/α-hetero) is 1. The van der Waals surface area contributed by atoms with Gasteiger partial charge in [0.05, 0.1) is 5.92 Å². The molecular weight excluding hydrogens is 162 g/mol. The molecule has 0 spiro atoms. The molecule has 3 rings (SSSR count). The van der Waals surface area contributed by atoms with E-state index < -0.39 is 0 Å². The second-order valence-electron chi connectivity index (χ2n) is 3.28. The molecule has 0 aromatic heterocycles. The van der Waals surface area contributed by atoms with Crippen LogP contribution in [-0.4, -0.2) is 12.0 Å². The largest absolute Gasteiger partial charge is 0.289 e. The van der Waals surface area contributed by atoms with Crippen molar-refractivity contribution in [3.05, 3.63) is 47.2 Å². The van der Waals surface area contributed by atoms with E-state index in [0.717, 1.165) is 16.7 Å². The monoisotopic (exact) mass is 169 g/mol. The minimum absolute atomic E-state index is 0.128. The van der Waals surface area contributed by atoms with Crippen LogP contribution < -0.4 is 0 Å². The van der Waals surface area contributed by atoms with Crippen molar-refractivity contribution < 1.29 is 4.79 Å². The summed E-state index contributed by atoms with van der Waals surface area (Å²) in [6.07, 6.45) is 3.51. The minimum atomic E-state index is 0.128. The second kappa shape index (κ2) is 2.16. The van der Waals surface area contributed by atoms with E-state index in [4.69, 9.17) is 0 Å². The average Bonchev–Trinajstić information content (AvgIpc) is 2.72. The Bertz CT molecular complexity index is 457. The molecule has 2 nitrogen and oxygen atoms in total. The molecule has 0 bridgehead atoms. The van der Waals surface area contributed by atoms with Crippen LogP contribution in [0.25, 0.3) is 0 Å². The van der Waals surface area contributed by atoms with E-state index >= 15 is 0 Å². The van der Waals surface area contributed by atoms with E-state index in [2.05, 4.69) is 4.99 Å². The quantitative estimate of drug-likeness (QED) is 0.583. The first-order valence-corrected chi connectivity index (χ1v) is 4.25. The van der Waals surface area contributed by atoms with Gasteiger partial charge in [0, 0.05) is 23.6 Å². The first-order chi connectivity index (χ1) is 6.38. The van der Waals surface area contributed by atoms with E-state index in [9.17, 15) is 4.79 Å². The lowest BCUT2D eigenvalue weighted by molar-refractivity contribution is 0.103. The summed E-state index contributed by atoms with van der Waals surface area (Å²) in [7, 11) is 0. The van der Waals surface area contributed by atoms with Crippen LogP contribution in [0.3, 0.4) is 0 Å². The number of ketones is 1. The molecule has 1 aliphatic heterocycles. The van der Waals surface area contributed by atoms with Gasteiger partial charge in [0.2, 0.25) is 0 Å². The Labute approximate surface area is 75.6 Å². The summed E-state index contributed by atoms with van der Waals surface area (Å²) in [6.45, 7) is 0. The Morgan fingerprint density at radius 2 is 2.08 bits per heavy atom.